The zero-order valence-electron chi connectivity index (χ0n) is 12.4. The Morgan fingerprint density at radius 1 is 1.06 bits per heavy atom. The summed E-state index contributed by atoms with van der Waals surface area (Å²) in [6.45, 7) is 14.0. The second-order valence-corrected chi connectivity index (χ2v) is 8.27. The van der Waals surface area contributed by atoms with Crippen LogP contribution in [0.3, 0.4) is 0 Å². The molecular formula is C16H29Br. The maximum atomic E-state index is 3.69. The first-order valence-electron chi connectivity index (χ1n) is 7.04. The van der Waals surface area contributed by atoms with Crippen molar-refractivity contribution in [2.75, 3.05) is 0 Å². The van der Waals surface area contributed by atoms with Crippen molar-refractivity contribution in [3.05, 3.63) is 11.1 Å². The molecule has 1 unspecified atom stereocenters. The van der Waals surface area contributed by atoms with Crippen LogP contribution in [0.25, 0.3) is 0 Å². The van der Waals surface area contributed by atoms with Crippen LogP contribution in [-0.2, 0) is 0 Å². The lowest BCUT2D eigenvalue weighted by Gasteiger charge is -2.37. The molecule has 0 spiro atoms. The highest BCUT2D eigenvalue weighted by atomic mass is 79.9. The van der Waals surface area contributed by atoms with Crippen molar-refractivity contribution in [1.29, 1.82) is 0 Å². The second-order valence-electron chi connectivity index (χ2n) is 6.90. The predicted molar refractivity (Wildman–Crippen MR) is 81.7 cm³/mol. The normalized spacial score (nSPS) is 29.8. The van der Waals surface area contributed by atoms with Crippen LogP contribution < -0.4 is 0 Å². The maximum absolute atomic E-state index is 3.69. The van der Waals surface area contributed by atoms with Gasteiger partial charge in [0.2, 0.25) is 0 Å². The lowest BCUT2D eigenvalue weighted by molar-refractivity contribution is 0.159. The summed E-state index contributed by atoms with van der Waals surface area (Å²) in [5.74, 6) is 1.77. The Kier molecular flexibility index (Phi) is 5.31. The van der Waals surface area contributed by atoms with Crippen LogP contribution in [0.15, 0.2) is 11.1 Å². The van der Waals surface area contributed by atoms with Gasteiger partial charge < -0.3 is 0 Å². The summed E-state index contributed by atoms with van der Waals surface area (Å²) >= 11 is 3.69. The molecule has 0 amide bonds. The van der Waals surface area contributed by atoms with E-state index in [1.807, 2.05) is 0 Å². The molecule has 1 aliphatic rings. The van der Waals surface area contributed by atoms with Crippen LogP contribution in [0, 0.1) is 17.3 Å². The molecule has 1 rings (SSSR count). The third-order valence-corrected chi connectivity index (χ3v) is 5.47. The molecule has 1 aliphatic carbocycles. The van der Waals surface area contributed by atoms with Crippen molar-refractivity contribution in [2.45, 2.75) is 72.1 Å². The Balaban J connectivity index is 2.61. The summed E-state index contributed by atoms with van der Waals surface area (Å²) in [5, 5.41) is 0. The fourth-order valence-electron chi connectivity index (χ4n) is 3.03. The SMILES string of the molecule is CC(=C(C)C1CCC(C(C)(C)C)CC1)C(C)Br. The highest BCUT2D eigenvalue weighted by Gasteiger charge is 2.30. The van der Waals surface area contributed by atoms with E-state index in [0.717, 1.165) is 11.8 Å². The van der Waals surface area contributed by atoms with E-state index < -0.39 is 0 Å². The fraction of sp³-hybridized carbons (Fsp3) is 0.875. The van der Waals surface area contributed by atoms with Gasteiger partial charge in [-0.3, -0.25) is 0 Å². The largest absolute Gasteiger partial charge is 0.0845 e. The first-order valence-corrected chi connectivity index (χ1v) is 7.96. The molecule has 1 atom stereocenters. The molecule has 0 aromatic rings. The first-order chi connectivity index (χ1) is 7.73. The number of allylic oxidation sites excluding steroid dienone is 2. The van der Waals surface area contributed by atoms with E-state index in [4.69, 9.17) is 0 Å². The number of hydrogen-bond acceptors (Lipinski definition) is 0. The van der Waals surface area contributed by atoms with E-state index in [9.17, 15) is 0 Å². The predicted octanol–water partition coefficient (Wildman–Crippen LogP) is 5.96. The average Bonchev–Trinajstić information content (AvgIpc) is 2.26. The molecule has 100 valence electrons. The molecule has 0 aromatic heterocycles. The van der Waals surface area contributed by atoms with Gasteiger partial charge in [-0.1, -0.05) is 47.8 Å². The Morgan fingerprint density at radius 2 is 1.53 bits per heavy atom. The Morgan fingerprint density at radius 3 is 1.88 bits per heavy atom. The minimum Gasteiger partial charge on any atom is -0.0845 e. The van der Waals surface area contributed by atoms with E-state index in [1.165, 1.54) is 25.7 Å². The van der Waals surface area contributed by atoms with Crippen LogP contribution in [0.4, 0.5) is 0 Å². The lowest BCUT2D eigenvalue weighted by atomic mass is 9.68. The quantitative estimate of drug-likeness (QED) is 0.436. The summed E-state index contributed by atoms with van der Waals surface area (Å²) in [6, 6.07) is 0. The molecule has 1 heteroatoms. The van der Waals surface area contributed by atoms with Crippen LogP contribution >= 0.6 is 15.9 Å². The molecular weight excluding hydrogens is 272 g/mol. The van der Waals surface area contributed by atoms with Gasteiger partial charge in [-0.15, -0.1) is 0 Å². The number of halogens is 1. The van der Waals surface area contributed by atoms with Crippen molar-refractivity contribution in [2.24, 2.45) is 17.3 Å². The third kappa shape index (κ3) is 4.12. The molecule has 0 nitrogen and oxygen atoms in total. The van der Waals surface area contributed by atoms with Crippen LogP contribution in [-0.4, -0.2) is 4.83 Å². The Hall–Kier alpha value is 0.220. The monoisotopic (exact) mass is 300 g/mol. The van der Waals surface area contributed by atoms with E-state index in [0.29, 0.717) is 10.2 Å². The average molecular weight is 301 g/mol. The molecule has 0 bridgehead atoms. The highest BCUT2D eigenvalue weighted by Crippen LogP contribution is 2.42. The Bertz CT molecular complexity index is 272. The minimum atomic E-state index is 0.500. The van der Waals surface area contributed by atoms with Gasteiger partial charge in [0.15, 0.2) is 0 Å². The van der Waals surface area contributed by atoms with Gasteiger partial charge in [-0.05, 0) is 63.7 Å². The van der Waals surface area contributed by atoms with Crippen LogP contribution in [0.5, 0.6) is 0 Å². The molecule has 0 aromatic carbocycles. The summed E-state index contributed by atoms with van der Waals surface area (Å²) in [5.41, 5.74) is 3.69. The molecule has 0 radical (unpaired) electrons. The van der Waals surface area contributed by atoms with Crippen molar-refractivity contribution >= 4 is 15.9 Å². The number of hydrogen-bond donors (Lipinski definition) is 0. The van der Waals surface area contributed by atoms with Crippen molar-refractivity contribution in [3.8, 4) is 0 Å². The Labute approximate surface area is 116 Å². The van der Waals surface area contributed by atoms with Gasteiger partial charge in [0.05, 0.1) is 0 Å². The molecule has 0 saturated heterocycles. The summed E-state index contributed by atoms with van der Waals surface area (Å²) in [7, 11) is 0. The van der Waals surface area contributed by atoms with Crippen LogP contribution in [0.1, 0.15) is 67.2 Å². The van der Waals surface area contributed by atoms with Crippen molar-refractivity contribution in [3.63, 3.8) is 0 Å². The van der Waals surface area contributed by atoms with Gasteiger partial charge in [0.1, 0.15) is 0 Å². The lowest BCUT2D eigenvalue weighted by Crippen LogP contribution is -2.26. The molecule has 1 saturated carbocycles. The zero-order valence-corrected chi connectivity index (χ0v) is 14.0. The third-order valence-electron chi connectivity index (χ3n) is 4.78. The molecule has 0 N–H and O–H groups in total. The fourth-order valence-corrected chi connectivity index (χ4v) is 3.39. The van der Waals surface area contributed by atoms with Gasteiger partial charge >= 0.3 is 0 Å². The van der Waals surface area contributed by atoms with Crippen LogP contribution in [0.2, 0.25) is 0 Å². The number of rotatable bonds is 2. The molecule has 17 heavy (non-hydrogen) atoms. The first kappa shape index (κ1) is 15.3. The van der Waals surface area contributed by atoms with Crippen molar-refractivity contribution in [1.82, 2.24) is 0 Å². The van der Waals surface area contributed by atoms with Gasteiger partial charge in [-0.25, -0.2) is 0 Å². The van der Waals surface area contributed by atoms with Gasteiger partial charge in [0, 0.05) is 4.83 Å². The van der Waals surface area contributed by atoms with E-state index in [-0.39, 0.29) is 0 Å². The smallest absolute Gasteiger partial charge is 0.0326 e. The molecule has 0 aliphatic heterocycles. The summed E-state index contributed by atoms with van der Waals surface area (Å²) < 4.78 is 0. The zero-order chi connectivity index (χ0) is 13.2. The topological polar surface area (TPSA) is 0 Å². The highest BCUT2D eigenvalue weighted by molar-refractivity contribution is 9.09. The summed E-state index contributed by atoms with van der Waals surface area (Å²) in [6.07, 6.45) is 5.61. The molecule has 0 heterocycles. The number of alkyl halides is 1. The van der Waals surface area contributed by atoms with Crippen molar-refractivity contribution < 1.29 is 0 Å². The maximum Gasteiger partial charge on any atom is 0.0326 e. The molecule has 1 fully saturated rings. The standard InChI is InChI=1S/C16H29Br/c1-11(13(3)17)12(2)14-7-9-15(10-8-14)16(4,5)6/h13-15H,7-10H2,1-6H3. The van der Waals surface area contributed by atoms with Gasteiger partial charge in [0.25, 0.3) is 0 Å². The summed E-state index contributed by atoms with van der Waals surface area (Å²) in [4.78, 5) is 0.530. The second kappa shape index (κ2) is 5.91. The van der Waals surface area contributed by atoms with Gasteiger partial charge in [-0.2, -0.15) is 0 Å². The van der Waals surface area contributed by atoms with E-state index in [2.05, 4.69) is 57.5 Å². The van der Waals surface area contributed by atoms with E-state index in [1.54, 1.807) is 11.1 Å². The minimum absolute atomic E-state index is 0.500. The van der Waals surface area contributed by atoms with E-state index >= 15 is 0 Å².